The van der Waals surface area contributed by atoms with E-state index < -0.39 is 0 Å². The molecule has 2 unspecified atom stereocenters. The van der Waals surface area contributed by atoms with Gasteiger partial charge in [0.2, 0.25) is 0 Å². The van der Waals surface area contributed by atoms with E-state index in [2.05, 4.69) is 42.0 Å². The van der Waals surface area contributed by atoms with E-state index in [0.717, 1.165) is 6.42 Å². The van der Waals surface area contributed by atoms with Gasteiger partial charge in [0.1, 0.15) is 0 Å². The molecule has 0 aliphatic carbocycles. The van der Waals surface area contributed by atoms with Crippen LogP contribution in [0, 0.1) is 6.92 Å². The van der Waals surface area contributed by atoms with E-state index in [9.17, 15) is 0 Å². The standard InChI is InChI=1S/C10H15N3/c1-7-2-4-8(5-3-7)9-6-10(11)13-12-9/h2-5,9-10,12-13H,6,11H2,1H3. The first-order chi connectivity index (χ1) is 6.25. The number of aryl methyl sites for hydroxylation is 1. The Morgan fingerprint density at radius 1 is 1.23 bits per heavy atom. The molecule has 70 valence electrons. The minimum Gasteiger partial charge on any atom is -0.315 e. The molecule has 3 heteroatoms. The summed E-state index contributed by atoms with van der Waals surface area (Å²) in [6, 6.07) is 8.90. The Balaban J connectivity index is 2.13. The molecule has 13 heavy (non-hydrogen) atoms. The zero-order valence-electron chi connectivity index (χ0n) is 7.75. The van der Waals surface area contributed by atoms with E-state index in [4.69, 9.17) is 5.73 Å². The Labute approximate surface area is 78.3 Å². The van der Waals surface area contributed by atoms with Gasteiger partial charge in [-0.2, -0.15) is 0 Å². The van der Waals surface area contributed by atoms with Crippen molar-refractivity contribution < 1.29 is 0 Å². The van der Waals surface area contributed by atoms with Crippen LogP contribution in [0.15, 0.2) is 24.3 Å². The first-order valence-electron chi connectivity index (χ1n) is 4.59. The van der Waals surface area contributed by atoms with Crippen molar-refractivity contribution in [3.63, 3.8) is 0 Å². The highest BCUT2D eigenvalue weighted by molar-refractivity contribution is 5.24. The van der Waals surface area contributed by atoms with Gasteiger partial charge in [0.05, 0.1) is 6.17 Å². The van der Waals surface area contributed by atoms with E-state index in [0.29, 0.717) is 6.04 Å². The fourth-order valence-corrected chi connectivity index (χ4v) is 1.60. The number of hydrazine groups is 1. The summed E-state index contributed by atoms with van der Waals surface area (Å²) in [5.41, 5.74) is 14.5. The van der Waals surface area contributed by atoms with Gasteiger partial charge >= 0.3 is 0 Å². The molecule has 3 nitrogen and oxygen atoms in total. The average molecular weight is 177 g/mol. The Hall–Kier alpha value is -0.900. The van der Waals surface area contributed by atoms with Crippen LogP contribution in [-0.2, 0) is 0 Å². The van der Waals surface area contributed by atoms with Crippen molar-refractivity contribution >= 4 is 0 Å². The fraction of sp³-hybridized carbons (Fsp3) is 0.400. The lowest BCUT2D eigenvalue weighted by Crippen LogP contribution is -2.36. The van der Waals surface area contributed by atoms with Crippen molar-refractivity contribution in [3.8, 4) is 0 Å². The van der Waals surface area contributed by atoms with Crippen LogP contribution < -0.4 is 16.6 Å². The van der Waals surface area contributed by atoms with Crippen LogP contribution in [0.2, 0.25) is 0 Å². The van der Waals surface area contributed by atoms with Gasteiger partial charge < -0.3 is 5.73 Å². The SMILES string of the molecule is Cc1ccc(C2CC(N)NN2)cc1. The molecule has 1 aliphatic heterocycles. The van der Waals surface area contributed by atoms with Gasteiger partial charge in [0, 0.05) is 6.04 Å². The summed E-state index contributed by atoms with van der Waals surface area (Å²) in [6.07, 6.45) is 1.02. The van der Waals surface area contributed by atoms with Gasteiger partial charge in [-0.25, -0.2) is 10.9 Å². The third-order valence-electron chi connectivity index (χ3n) is 2.41. The number of hydrogen-bond donors (Lipinski definition) is 3. The van der Waals surface area contributed by atoms with Crippen LogP contribution in [0.4, 0.5) is 0 Å². The quantitative estimate of drug-likeness (QED) is 0.595. The number of rotatable bonds is 1. The summed E-state index contributed by atoms with van der Waals surface area (Å²) in [5, 5.41) is 0. The van der Waals surface area contributed by atoms with Crippen molar-refractivity contribution in [3.05, 3.63) is 35.4 Å². The highest BCUT2D eigenvalue weighted by Gasteiger charge is 2.21. The number of nitrogens with one attached hydrogen (secondary N) is 2. The van der Waals surface area contributed by atoms with Crippen molar-refractivity contribution in [2.45, 2.75) is 25.6 Å². The van der Waals surface area contributed by atoms with Crippen LogP contribution in [0.25, 0.3) is 0 Å². The van der Waals surface area contributed by atoms with E-state index in [1.54, 1.807) is 0 Å². The first-order valence-corrected chi connectivity index (χ1v) is 4.59. The van der Waals surface area contributed by atoms with E-state index >= 15 is 0 Å². The highest BCUT2D eigenvalue weighted by Crippen LogP contribution is 2.20. The lowest BCUT2D eigenvalue weighted by atomic mass is 10.0. The molecule has 2 rings (SSSR count). The van der Waals surface area contributed by atoms with Gasteiger partial charge in [0.25, 0.3) is 0 Å². The molecular weight excluding hydrogens is 162 g/mol. The molecule has 0 bridgehead atoms. The van der Waals surface area contributed by atoms with Crippen molar-refractivity contribution in [1.82, 2.24) is 10.9 Å². The van der Waals surface area contributed by atoms with Crippen molar-refractivity contribution in [2.24, 2.45) is 5.73 Å². The van der Waals surface area contributed by atoms with Gasteiger partial charge in [-0.1, -0.05) is 29.8 Å². The minimum atomic E-state index is 0.0753. The second-order valence-electron chi connectivity index (χ2n) is 3.59. The molecule has 1 aliphatic rings. The van der Waals surface area contributed by atoms with Gasteiger partial charge in [-0.15, -0.1) is 0 Å². The molecular formula is C10H15N3. The first kappa shape index (κ1) is 8.69. The Morgan fingerprint density at radius 2 is 1.92 bits per heavy atom. The fourth-order valence-electron chi connectivity index (χ4n) is 1.60. The molecule has 1 aromatic carbocycles. The summed E-state index contributed by atoms with van der Waals surface area (Å²) in [7, 11) is 0. The molecule has 1 heterocycles. The van der Waals surface area contributed by atoms with Crippen LogP contribution in [0.1, 0.15) is 23.6 Å². The second-order valence-corrected chi connectivity index (χ2v) is 3.59. The van der Waals surface area contributed by atoms with Gasteiger partial charge in [-0.05, 0) is 18.9 Å². The lowest BCUT2D eigenvalue weighted by molar-refractivity contribution is 0.551. The largest absolute Gasteiger partial charge is 0.315 e. The molecule has 4 N–H and O–H groups in total. The predicted molar refractivity (Wildman–Crippen MR) is 52.8 cm³/mol. The monoisotopic (exact) mass is 177 g/mol. The topological polar surface area (TPSA) is 50.1 Å². The van der Waals surface area contributed by atoms with Gasteiger partial charge in [0.15, 0.2) is 0 Å². The maximum Gasteiger partial charge on any atom is 0.0698 e. The summed E-state index contributed by atoms with van der Waals surface area (Å²) in [6.45, 7) is 2.09. The molecule has 0 spiro atoms. The number of hydrogen-bond acceptors (Lipinski definition) is 3. The minimum absolute atomic E-state index is 0.0753. The molecule has 2 atom stereocenters. The van der Waals surface area contributed by atoms with Crippen molar-refractivity contribution in [2.75, 3.05) is 0 Å². The average Bonchev–Trinajstić information content (AvgIpc) is 2.53. The third-order valence-corrected chi connectivity index (χ3v) is 2.41. The van der Waals surface area contributed by atoms with E-state index in [-0.39, 0.29) is 6.17 Å². The molecule has 1 fully saturated rings. The molecule has 0 aromatic heterocycles. The maximum absolute atomic E-state index is 5.72. The maximum atomic E-state index is 5.72. The smallest absolute Gasteiger partial charge is 0.0698 e. The van der Waals surface area contributed by atoms with Gasteiger partial charge in [-0.3, -0.25) is 0 Å². The van der Waals surface area contributed by atoms with Crippen molar-refractivity contribution in [1.29, 1.82) is 0 Å². The zero-order chi connectivity index (χ0) is 9.26. The van der Waals surface area contributed by atoms with E-state index in [1.165, 1.54) is 11.1 Å². The normalized spacial score (nSPS) is 27.8. The van der Waals surface area contributed by atoms with Crippen LogP contribution in [0.3, 0.4) is 0 Å². The number of benzene rings is 1. The molecule has 0 saturated carbocycles. The lowest BCUT2D eigenvalue weighted by Gasteiger charge is -2.09. The Bertz CT molecular complexity index is 281. The predicted octanol–water partition coefficient (Wildman–Crippen LogP) is 0.819. The summed E-state index contributed by atoms with van der Waals surface area (Å²) in [5.74, 6) is 0. The molecule has 1 saturated heterocycles. The number of nitrogens with two attached hydrogens (primary N) is 1. The van der Waals surface area contributed by atoms with Crippen LogP contribution >= 0.6 is 0 Å². The second kappa shape index (κ2) is 3.46. The highest BCUT2D eigenvalue weighted by atomic mass is 15.4. The molecule has 0 radical (unpaired) electrons. The van der Waals surface area contributed by atoms with E-state index in [1.807, 2.05) is 0 Å². The van der Waals surface area contributed by atoms with Crippen LogP contribution in [-0.4, -0.2) is 6.17 Å². The zero-order valence-corrected chi connectivity index (χ0v) is 7.75. The molecule has 1 aromatic rings. The summed E-state index contributed by atoms with van der Waals surface area (Å²) < 4.78 is 0. The third kappa shape index (κ3) is 1.88. The summed E-state index contributed by atoms with van der Waals surface area (Å²) in [4.78, 5) is 0. The molecule has 0 amide bonds. The summed E-state index contributed by atoms with van der Waals surface area (Å²) >= 11 is 0. The Morgan fingerprint density at radius 3 is 2.46 bits per heavy atom. The Kier molecular flexibility index (Phi) is 2.31. The van der Waals surface area contributed by atoms with Crippen LogP contribution in [0.5, 0.6) is 0 Å².